The molecule has 1 heterocycles. The molecule has 0 spiro atoms. The number of rotatable bonds is 7. The van der Waals surface area contributed by atoms with Crippen LogP contribution in [0.3, 0.4) is 0 Å². The Bertz CT molecular complexity index is 456. The van der Waals surface area contributed by atoms with Gasteiger partial charge in [0, 0.05) is 6.42 Å². The second-order valence-electron chi connectivity index (χ2n) is 5.42. The van der Waals surface area contributed by atoms with Crippen molar-refractivity contribution < 1.29 is 4.74 Å². The van der Waals surface area contributed by atoms with Gasteiger partial charge in [-0.1, -0.05) is 50.3 Å². The molecule has 1 nitrogen and oxygen atoms in total. The van der Waals surface area contributed by atoms with Gasteiger partial charge in [-0.2, -0.15) is 0 Å². The van der Waals surface area contributed by atoms with Crippen molar-refractivity contribution >= 4 is 0 Å². The lowest BCUT2D eigenvalue weighted by atomic mass is 9.89. The zero-order chi connectivity index (χ0) is 14.2. The summed E-state index contributed by atoms with van der Waals surface area (Å²) in [6, 6.07) is 10.7. The third-order valence-electron chi connectivity index (χ3n) is 3.90. The monoisotopic (exact) mass is 269 g/mol. The van der Waals surface area contributed by atoms with E-state index in [2.05, 4.69) is 56.3 Å². The molecule has 20 heavy (non-hydrogen) atoms. The Labute approximate surface area is 123 Å². The quantitative estimate of drug-likeness (QED) is 0.669. The van der Waals surface area contributed by atoms with E-state index in [-0.39, 0.29) is 0 Å². The van der Waals surface area contributed by atoms with Crippen LogP contribution in [0.15, 0.2) is 53.8 Å². The largest absolute Gasteiger partial charge is 0.494 e. The molecule has 0 bridgehead atoms. The van der Waals surface area contributed by atoms with Crippen LogP contribution in [0.5, 0.6) is 0 Å². The summed E-state index contributed by atoms with van der Waals surface area (Å²) in [5.41, 5.74) is 2.81. The summed E-state index contributed by atoms with van der Waals surface area (Å²) in [5.74, 6) is 1.66. The maximum Gasteiger partial charge on any atom is 0.109 e. The summed E-state index contributed by atoms with van der Waals surface area (Å²) in [7, 11) is 0. The highest BCUT2D eigenvalue weighted by Crippen LogP contribution is 2.26. The Morgan fingerprint density at radius 1 is 1.15 bits per heavy atom. The van der Waals surface area contributed by atoms with Gasteiger partial charge in [0.15, 0.2) is 0 Å². The lowest BCUT2D eigenvalue weighted by molar-refractivity contribution is 0.211. The summed E-state index contributed by atoms with van der Waals surface area (Å²) < 4.78 is 5.83. The van der Waals surface area contributed by atoms with Gasteiger partial charge in [0.2, 0.25) is 0 Å². The van der Waals surface area contributed by atoms with Crippen molar-refractivity contribution in [3.05, 3.63) is 66.3 Å². The molecule has 0 fully saturated rings. The highest BCUT2D eigenvalue weighted by atomic mass is 16.5. The second-order valence-corrected chi connectivity index (χ2v) is 5.42. The molecule has 0 aromatic heterocycles. The zero-order valence-corrected chi connectivity index (χ0v) is 12.5. The average Bonchev–Trinajstić information content (AvgIpc) is 2.51. The van der Waals surface area contributed by atoms with Crippen molar-refractivity contribution in [2.24, 2.45) is 5.92 Å². The van der Waals surface area contributed by atoms with E-state index in [0.717, 1.165) is 44.5 Å². The molecule has 1 aromatic rings. The number of hydrogen-bond donors (Lipinski definition) is 0. The van der Waals surface area contributed by atoms with Crippen molar-refractivity contribution in [2.75, 3.05) is 6.61 Å². The molecule has 0 saturated carbocycles. The van der Waals surface area contributed by atoms with Crippen LogP contribution in [-0.4, -0.2) is 6.61 Å². The molecule has 0 saturated heterocycles. The van der Waals surface area contributed by atoms with Crippen molar-refractivity contribution in [2.45, 2.75) is 39.0 Å². The topological polar surface area (TPSA) is 9.23 Å². The summed E-state index contributed by atoms with van der Waals surface area (Å²) in [4.78, 5) is 0. The first kappa shape index (κ1) is 14.9. The Balaban J connectivity index is 1.92. The molecule has 0 aliphatic carbocycles. The minimum atomic E-state index is 0.537. The van der Waals surface area contributed by atoms with E-state index < -0.39 is 0 Å². The first-order valence-corrected chi connectivity index (χ1v) is 7.69. The van der Waals surface area contributed by atoms with Gasteiger partial charge in [-0.05, 0) is 48.8 Å². The SMILES string of the molecule is [CH2]CC(CCc1ccccc1)C1=CC=C(CCC)OC1. The third kappa shape index (κ3) is 4.26. The normalized spacial score (nSPS) is 16.1. The van der Waals surface area contributed by atoms with Crippen LogP contribution in [0.4, 0.5) is 0 Å². The highest BCUT2D eigenvalue weighted by molar-refractivity contribution is 5.23. The van der Waals surface area contributed by atoms with Crippen molar-refractivity contribution in [1.29, 1.82) is 0 Å². The fourth-order valence-corrected chi connectivity index (χ4v) is 2.63. The van der Waals surface area contributed by atoms with E-state index in [1.807, 2.05) is 0 Å². The zero-order valence-electron chi connectivity index (χ0n) is 12.5. The molecule has 1 aromatic carbocycles. The lowest BCUT2D eigenvalue weighted by Gasteiger charge is -2.23. The van der Waals surface area contributed by atoms with Crippen molar-refractivity contribution in [1.82, 2.24) is 0 Å². The Hall–Kier alpha value is -1.50. The van der Waals surface area contributed by atoms with Crippen LogP contribution in [0.2, 0.25) is 0 Å². The molecular formula is C19H25O. The molecule has 1 heteroatoms. The minimum Gasteiger partial charge on any atom is -0.494 e. The van der Waals surface area contributed by atoms with Crippen LogP contribution >= 0.6 is 0 Å². The summed E-state index contributed by atoms with van der Waals surface area (Å²) in [6.45, 7) is 7.05. The van der Waals surface area contributed by atoms with Crippen LogP contribution in [0.25, 0.3) is 0 Å². The first-order valence-electron chi connectivity index (χ1n) is 7.69. The molecule has 0 N–H and O–H groups in total. The fourth-order valence-electron chi connectivity index (χ4n) is 2.63. The van der Waals surface area contributed by atoms with Crippen molar-refractivity contribution in [3.63, 3.8) is 0 Å². The van der Waals surface area contributed by atoms with E-state index in [9.17, 15) is 0 Å². The summed E-state index contributed by atoms with van der Waals surface area (Å²) in [5, 5.41) is 0. The van der Waals surface area contributed by atoms with Crippen molar-refractivity contribution in [3.8, 4) is 0 Å². The summed E-state index contributed by atoms with van der Waals surface area (Å²) in [6.07, 6.45) is 9.80. The molecular weight excluding hydrogens is 244 g/mol. The summed E-state index contributed by atoms with van der Waals surface area (Å²) >= 11 is 0. The maximum absolute atomic E-state index is 5.83. The van der Waals surface area contributed by atoms with Gasteiger partial charge in [0.05, 0.1) is 5.76 Å². The third-order valence-corrected chi connectivity index (χ3v) is 3.90. The van der Waals surface area contributed by atoms with E-state index in [1.54, 1.807) is 0 Å². The molecule has 1 atom stereocenters. The molecule has 1 unspecified atom stereocenters. The number of hydrogen-bond acceptors (Lipinski definition) is 1. The average molecular weight is 269 g/mol. The maximum atomic E-state index is 5.83. The number of ether oxygens (including phenoxy) is 1. The number of benzene rings is 1. The van der Waals surface area contributed by atoms with Crippen LogP contribution in [0.1, 0.15) is 38.2 Å². The molecule has 2 rings (SSSR count). The smallest absolute Gasteiger partial charge is 0.109 e. The Morgan fingerprint density at radius 3 is 2.55 bits per heavy atom. The standard InChI is InChI=1S/C19H25O/c1-3-8-19-14-13-18(15-20-19)17(4-2)12-11-16-9-6-5-7-10-16/h5-7,9-10,13-14,17H,2-4,8,11-12,15H2,1H3. The first-order chi connectivity index (χ1) is 9.83. The van der Waals surface area contributed by atoms with E-state index in [0.29, 0.717) is 5.92 Å². The fraction of sp³-hybridized carbons (Fsp3) is 0.421. The molecule has 1 radical (unpaired) electrons. The Morgan fingerprint density at radius 2 is 1.95 bits per heavy atom. The van der Waals surface area contributed by atoms with Gasteiger partial charge in [0.1, 0.15) is 6.61 Å². The minimum absolute atomic E-state index is 0.537. The van der Waals surface area contributed by atoms with E-state index in [1.165, 1.54) is 11.1 Å². The van der Waals surface area contributed by atoms with E-state index >= 15 is 0 Å². The number of allylic oxidation sites excluding steroid dienone is 3. The number of aryl methyl sites for hydroxylation is 1. The predicted molar refractivity (Wildman–Crippen MR) is 85.3 cm³/mol. The van der Waals surface area contributed by atoms with Gasteiger partial charge in [-0.15, -0.1) is 0 Å². The van der Waals surface area contributed by atoms with Gasteiger partial charge in [-0.3, -0.25) is 0 Å². The van der Waals surface area contributed by atoms with Gasteiger partial charge >= 0.3 is 0 Å². The van der Waals surface area contributed by atoms with Gasteiger partial charge in [-0.25, -0.2) is 0 Å². The molecule has 1 aliphatic heterocycles. The predicted octanol–water partition coefficient (Wildman–Crippen LogP) is 5.10. The molecule has 0 amide bonds. The molecule has 1 aliphatic rings. The highest BCUT2D eigenvalue weighted by Gasteiger charge is 2.15. The van der Waals surface area contributed by atoms with Gasteiger partial charge in [0.25, 0.3) is 0 Å². The second kappa shape index (κ2) is 7.94. The molecule has 107 valence electrons. The van der Waals surface area contributed by atoms with E-state index in [4.69, 9.17) is 4.74 Å². The van der Waals surface area contributed by atoms with Crippen LogP contribution in [-0.2, 0) is 11.2 Å². The van der Waals surface area contributed by atoms with Crippen LogP contribution < -0.4 is 0 Å². The Kier molecular flexibility index (Phi) is 5.91. The van der Waals surface area contributed by atoms with Crippen LogP contribution in [0, 0.1) is 12.8 Å². The van der Waals surface area contributed by atoms with Gasteiger partial charge < -0.3 is 4.74 Å². The lowest BCUT2D eigenvalue weighted by Crippen LogP contribution is -2.13.